The summed E-state index contributed by atoms with van der Waals surface area (Å²) in [7, 11) is 0. The molecule has 1 aliphatic rings. The highest BCUT2D eigenvalue weighted by Crippen LogP contribution is 2.30. The van der Waals surface area contributed by atoms with E-state index >= 15 is 0 Å². The van der Waals surface area contributed by atoms with Crippen LogP contribution in [0.4, 0.5) is 5.69 Å². The lowest BCUT2D eigenvalue weighted by atomic mass is 9.97. The Hall–Kier alpha value is -3.04. The number of nitrogens with zero attached hydrogens (tertiary/aromatic N) is 2. The number of carbonyl (C=O) groups excluding carboxylic acids is 2. The molecule has 0 N–H and O–H groups in total. The molecule has 27 heavy (non-hydrogen) atoms. The SMILES string of the molecule is N#CCN(C(=O)COC(=O)[C@@H]1COc2ccc(Cl)cc2C1)c1ccccc1. The number of para-hydroxylation sites is 1. The fourth-order valence-electron chi connectivity index (χ4n) is 2.85. The molecule has 0 aliphatic carbocycles. The average Bonchev–Trinajstić information content (AvgIpc) is 2.70. The highest BCUT2D eigenvalue weighted by Gasteiger charge is 2.28. The van der Waals surface area contributed by atoms with Crippen LogP contribution in [-0.2, 0) is 20.7 Å². The van der Waals surface area contributed by atoms with Crippen LogP contribution < -0.4 is 9.64 Å². The highest BCUT2D eigenvalue weighted by molar-refractivity contribution is 6.30. The summed E-state index contributed by atoms with van der Waals surface area (Å²) in [6, 6.07) is 16.0. The van der Waals surface area contributed by atoms with Crippen molar-refractivity contribution in [2.45, 2.75) is 6.42 Å². The Morgan fingerprint density at radius 3 is 2.78 bits per heavy atom. The van der Waals surface area contributed by atoms with Gasteiger partial charge in [-0.2, -0.15) is 5.26 Å². The van der Waals surface area contributed by atoms with Crippen molar-refractivity contribution in [1.82, 2.24) is 0 Å². The minimum Gasteiger partial charge on any atom is -0.492 e. The van der Waals surface area contributed by atoms with Crippen LogP contribution >= 0.6 is 11.6 Å². The molecule has 0 saturated heterocycles. The smallest absolute Gasteiger partial charge is 0.313 e. The first kappa shape index (κ1) is 18.7. The molecule has 0 bridgehead atoms. The lowest BCUT2D eigenvalue weighted by Crippen LogP contribution is -2.37. The van der Waals surface area contributed by atoms with Gasteiger partial charge in [0.25, 0.3) is 5.91 Å². The van der Waals surface area contributed by atoms with Gasteiger partial charge in [0.1, 0.15) is 18.9 Å². The molecule has 0 fully saturated rings. The molecule has 138 valence electrons. The zero-order valence-corrected chi connectivity index (χ0v) is 15.2. The van der Waals surface area contributed by atoms with E-state index in [1.807, 2.05) is 12.1 Å². The second-order valence-corrected chi connectivity index (χ2v) is 6.48. The van der Waals surface area contributed by atoms with Gasteiger partial charge in [-0.1, -0.05) is 29.8 Å². The van der Waals surface area contributed by atoms with E-state index in [1.165, 1.54) is 4.90 Å². The standard InChI is InChI=1S/C20H17ClN2O4/c21-16-6-7-18-14(11-16)10-15(12-26-18)20(25)27-13-19(24)23(9-8-22)17-4-2-1-3-5-17/h1-7,11,15H,9-10,12-13H2/t15-/m0/s1. The molecule has 0 saturated carbocycles. The van der Waals surface area contributed by atoms with Crippen molar-refractivity contribution in [3.8, 4) is 11.8 Å². The molecule has 1 atom stereocenters. The summed E-state index contributed by atoms with van der Waals surface area (Å²) in [4.78, 5) is 26.0. The molecule has 0 unspecified atom stereocenters. The fourth-order valence-corrected chi connectivity index (χ4v) is 3.04. The second-order valence-electron chi connectivity index (χ2n) is 6.05. The summed E-state index contributed by atoms with van der Waals surface area (Å²) in [5.41, 5.74) is 1.40. The second kappa shape index (κ2) is 8.56. The molecule has 1 heterocycles. The van der Waals surface area contributed by atoms with Crippen LogP contribution in [0.5, 0.6) is 5.75 Å². The van der Waals surface area contributed by atoms with E-state index in [9.17, 15) is 9.59 Å². The number of carbonyl (C=O) groups is 2. The van der Waals surface area contributed by atoms with E-state index in [0.29, 0.717) is 22.9 Å². The largest absolute Gasteiger partial charge is 0.492 e. The molecule has 1 aliphatic heterocycles. The minimum atomic E-state index is -0.515. The molecular weight excluding hydrogens is 368 g/mol. The van der Waals surface area contributed by atoms with Crippen LogP contribution in [0.1, 0.15) is 5.56 Å². The summed E-state index contributed by atoms with van der Waals surface area (Å²) in [6.45, 7) is -0.380. The number of nitriles is 1. The first-order valence-electron chi connectivity index (χ1n) is 8.38. The Bertz CT molecular complexity index is 879. The maximum Gasteiger partial charge on any atom is 0.313 e. The van der Waals surface area contributed by atoms with Gasteiger partial charge in [-0.05, 0) is 42.3 Å². The van der Waals surface area contributed by atoms with E-state index in [1.54, 1.807) is 42.5 Å². The summed E-state index contributed by atoms with van der Waals surface area (Å²) >= 11 is 5.98. The van der Waals surface area contributed by atoms with Gasteiger partial charge in [-0.25, -0.2) is 0 Å². The maximum absolute atomic E-state index is 12.4. The Balaban J connectivity index is 1.60. The first-order chi connectivity index (χ1) is 13.1. The van der Waals surface area contributed by atoms with Crippen molar-refractivity contribution >= 4 is 29.2 Å². The minimum absolute atomic E-state index is 0.126. The van der Waals surface area contributed by atoms with E-state index in [0.717, 1.165) is 5.56 Å². The van der Waals surface area contributed by atoms with Gasteiger partial charge in [0.05, 0.1) is 12.0 Å². The molecule has 1 amide bonds. The van der Waals surface area contributed by atoms with Gasteiger partial charge < -0.3 is 9.47 Å². The molecule has 7 heteroatoms. The topological polar surface area (TPSA) is 79.6 Å². The number of amides is 1. The molecule has 2 aromatic rings. The maximum atomic E-state index is 12.4. The number of fused-ring (bicyclic) bond motifs is 1. The number of ether oxygens (including phenoxy) is 2. The van der Waals surface area contributed by atoms with Crippen molar-refractivity contribution in [1.29, 1.82) is 5.26 Å². The number of hydrogen-bond acceptors (Lipinski definition) is 5. The van der Waals surface area contributed by atoms with Gasteiger partial charge in [0.15, 0.2) is 6.61 Å². The third-order valence-corrected chi connectivity index (χ3v) is 4.43. The first-order valence-corrected chi connectivity index (χ1v) is 8.76. The van der Waals surface area contributed by atoms with Crippen LogP contribution in [0.15, 0.2) is 48.5 Å². The van der Waals surface area contributed by atoms with Crippen molar-refractivity contribution in [3.63, 3.8) is 0 Å². The summed E-state index contributed by atoms with van der Waals surface area (Å²) < 4.78 is 10.8. The lowest BCUT2D eigenvalue weighted by molar-refractivity contribution is -0.153. The van der Waals surface area contributed by atoms with Gasteiger partial charge in [-0.3, -0.25) is 14.5 Å². The molecule has 6 nitrogen and oxygen atoms in total. The average molecular weight is 385 g/mol. The van der Waals surface area contributed by atoms with Crippen LogP contribution in [-0.4, -0.2) is 31.6 Å². The van der Waals surface area contributed by atoms with Crippen molar-refractivity contribution in [3.05, 3.63) is 59.1 Å². The number of halogens is 1. The number of esters is 1. The Kier molecular flexibility index (Phi) is 5.94. The molecular formula is C20H17ClN2O4. The number of anilines is 1. The van der Waals surface area contributed by atoms with Crippen molar-refractivity contribution in [2.75, 3.05) is 24.7 Å². The normalized spacial score (nSPS) is 15.0. The third-order valence-electron chi connectivity index (χ3n) is 4.20. The summed E-state index contributed by atoms with van der Waals surface area (Å²) in [5.74, 6) is -0.788. The zero-order chi connectivity index (χ0) is 19.2. The zero-order valence-electron chi connectivity index (χ0n) is 14.4. The molecule has 0 aromatic heterocycles. The molecule has 0 spiro atoms. The van der Waals surface area contributed by atoms with E-state index < -0.39 is 24.4 Å². The quantitative estimate of drug-likeness (QED) is 0.584. The predicted molar refractivity (Wildman–Crippen MR) is 99.5 cm³/mol. The Morgan fingerprint density at radius 2 is 2.04 bits per heavy atom. The molecule has 0 radical (unpaired) electrons. The molecule has 2 aromatic carbocycles. The molecule has 3 rings (SSSR count). The number of rotatable bonds is 5. The monoisotopic (exact) mass is 384 g/mol. The van der Waals surface area contributed by atoms with E-state index in [-0.39, 0.29) is 13.2 Å². The van der Waals surface area contributed by atoms with Crippen LogP contribution in [0, 0.1) is 17.2 Å². The predicted octanol–water partition coefficient (Wildman–Crippen LogP) is 2.99. The van der Waals surface area contributed by atoms with Gasteiger partial charge in [0.2, 0.25) is 0 Å². The van der Waals surface area contributed by atoms with Crippen molar-refractivity contribution < 1.29 is 19.1 Å². The summed E-state index contributed by atoms with van der Waals surface area (Å²) in [6.07, 6.45) is 0.434. The van der Waals surface area contributed by atoms with Gasteiger partial charge in [-0.15, -0.1) is 0 Å². The Labute approximate surface area is 161 Å². The van der Waals surface area contributed by atoms with Crippen LogP contribution in [0.25, 0.3) is 0 Å². The van der Waals surface area contributed by atoms with Crippen LogP contribution in [0.3, 0.4) is 0 Å². The number of benzene rings is 2. The third kappa shape index (κ3) is 4.57. The highest BCUT2D eigenvalue weighted by atomic mass is 35.5. The van der Waals surface area contributed by atoms with Crippen molar-refractivity contribution in [2.24, 2.45) is 5.92 Å². The number of hydrogen-bond donors (Lipinski definition) is 0. The van der Waals surface area contributed by atoms with Gasteiger partial charge >= 0.3 is 5.97 Å². The van der Waals surface area contributed by atoms with Crippen LogP contribution in [0.2, 0.25) is 5.02 Å². The lowest BCUT2D eigenvalue weighted by Gasteiger charge is -2.25. The van der Waals surface area contributed by atoms with Gasteiger partial charge in [0, 0.05) is 10.7 Å². The Morgan fingerprint density at radius 1 is 1.26 bits per heavy atom. The summed E-state index contributed by atoms with van der Waals surface area (Å²) in [5, 5.41) is 9.53. The van der Waals surface area contributed by atoms with E-state index in [2.05, 4.69) is 0 Å². The van der Waals surface area contributed by atoms with E-state index in [4.69, 9.17) is 26.3 Å². The fraction of sp³-hybridized carbons (Fsp3) is 0.250.